The lowest BCUT2D eigenvalue weighted by Gasteiger charge is -2.16. The van der Waals surface area contributed by atoms with Crippen LogP contribution >= 0.6 is 23.2 Å². The Morgan fingerprint density at radius 1 is 1.00 bits per heavy atom. The molecule has 0 atom stereocenters. The third-order valence-corrected chi connectivity index (χ3v) is 5.32. The van der Waals surface area contributed by atoms with Crippen molar-refractivity contribution in [3.05, 3.63) is 67.4 Å². The SMILES string of the molecule is CCCc1c(Cc2ccc(Cl)c(Cl)c2)c(=O)[nH]c2cc(OC)cc(OC)c12. The first-order valence-corrected chi connectivity index (χ1v) is 9.47. The van der Waals surface area contributed by atoms with Crippen molar-refractivity contribution in [1.29, 1.82) is 0 Å². The van der Waals surface area contributed by atoms with Crippen molar-refractivity contribution in [2.75, 3.05) is 14.2 Å². The van der Waals surface area contributed by atoms with Gasteiger partial charge in [-0.25, -0.2) is 0 Å². The van der Waals surface area contributed by atoms with Gasteiger partial charge in [-0.15, -0.1) is 0 Å². The molecule has 3 aromatic rings. The minimum atomic E-state index is -0.118. The van der Waals surface area contributed by atoms with Crippen LogP contribution in [0.5, 0.6) is 11.5 Å². The van der Waals surface area contributed by atoms with Crippen molar-refractivity contribution in [2.24, 2.45) is 0 Å². The number of aromatic nitrogens is 1. The summed E-state index contributed by atoms with van der Waals surface area (Å²) in [5, 5.41) is 1.89. The number of pyridine rings is 1. The predicted molar refractivity (Wildman–Crippen MR) is 111 cm³/mol. The maximum absolute atomic E-state index is 12.9. The maximum Gasteiger partial charge on any atom is 0.252 e. The first-order chi connectivity index (χ1) is 13.0. The summed E-state index contributed by atoms with van der Waals surface area (Å²) in [5.74, 6) is 1.31. The highest BCUT2D eigenvalue weighted by Gasteiger charge is 2.17. The number of H-pyrrole nitrogens is 1. The minimum absolute atomic E-state index is 0.118. The number of aryl methyl sites for hydroxylation is 1. The van der Waals surface area contributed by atoms with Crippen LogP contribution in [0.15, 0.2) is 35.1 Å². The molecular weight excluding hydrogens is 385 g/mol. The van der Waals surface area contributed by atoms with E-state index in [1.807, 2.05) is 18.2 Å². The normalized spacial score (nSPS) is 11.0. The third-order valence-electron chi connectivity index (χ3n) is 4.58. The van der Waals surface area contributed by atoms with Gasteiger partial charge in [0, 0.05) is 29.5 Å². The first kappa shape index (κ1) is 19.6. The lowest BCUT2D eigenvalue weighted by atomic mass is 9.94. The van der Waals surface area contributed by atoms with E-state index in [1.54, 1.807) is 26.4 Å². The van der Waals surface area contributed by atoms with Gasteiger partial charge in [-0.2, -0.15) is 0 Å². The largest absolute Gasteiger partial charge is 0.497 e. The van der Waals surface area contributed by atoms with Gasteiger partial charge >= 0.3 is 0 Å². The zero-order valence-corrected chi connectivity index (χ0v) is 17.0. The number of halogens is 2. The molecule has 0 saturated heterocycles. The van der Waals surface area contributed by atoms with Crippen LogP contribution in [0.2, 0.25) is 10.0 Å². The number of rotatable bonds is 6. The molecule has 6 heteroatoms. The Morgan fingerprint density at radius 2 is 1.78 bits per heavy atom. The lowest BCUT2D eigenvalue weighted by molar-refractivity contribution is 0.397. The summed E-state index contributed by atoms with van der Waals surface area (Å²) < 4.78 is 10.9. The van der Waals surface area contributed by atoms with E-state index in [2.05, 4.69) is 11.9 Å². The van der Waals surface area contributed by atoms with Gasteiger partial charge in [0.2, 0.25) is 0 Å². The van der Waals surface area contributed by atoms with Gasteiger partial charge in [0.15, 0.2) is 0 Å². The quantitative estimate of drug-likeness (QED) is 0.597. The molecule has 0 fully saturated rings. The molecule has 2 aromatic carbocycles. The Labute approximate surface area is 168 Å². The number of nitrogens with one attached hydrogen (secondary N) is 1. The molecule has 0 unspecified atom stereocenters. The summed E-state index contributed by atoms with van der Waals surface area (Å²) in [5.41, 5.74) is 3.22. The molecule has 0 bridgehead atoms. The van der Waals surface area contributed by atoms with E-state index in [9.17, 15) is 4.79 Å². The van der Waals surface area contributed by atoms with E-state index in [-0.39, 0.29) is 5.56 Å². The molecule has 0 saturated carbocycles. The number of ether oxygens (including phenoxy) is 2. The predicted octanol–water partition coefficient (Wildman–Crippen LogP) is 5.40. The second-order valence-electron chi connectivity index (χ2n) is 6.34. The van der Waals surface area contributed by atoms with Gasteiger partial charge in [0.1, 0.15) is 11.5 Å². The van der Waals surface area contributed by atoms with E-state index in [0.29, 0.717) is 39.0 Å². The first-order valence-electron chi connectivity index (χ1n) is 8.72. The molecule has 0 aliphatic rings. The Morgan fingerprint density at radius 3 is 2.41 bits per heavy atom. The number of aromatic amines is 1. The fourth-order valence-electron chi connectivity index (χ4n) is 3.33. The molecule has 4 nitrogen and oxygen atoms in total. The Balaban J connectivity index is 2.25. The van der Waals surface area contributed by atoms with Crippen molar-refractivity contribution in [2.45, 2.75) is 26.2 Å². The summed E-state index contributed by atoms with van der Waals surface area (Å²) in [7, 11) is 3.21. The third kappa shape index (κ3) is 3.92. The summed E-state index contributed by atoms with van der Waals surface area (Å²) >= 11 is 12.2. The molecule has 1 N–H and O–H groups in total. The molecule has 3 rings (SSSR count). The van der Waals surface area contributed by atoms with Gasteiger partial charge < -0.3 is 14.5 Å². The Kier molecular flexibility index (Phi) is 5.98. The van der Waals surface area contributed by atoms with Crippen molar-refractivity contribution in [3.63, 3.8) is 0 Å². The van der Waals surface area contributed by atoms with Gasteiger partial charge in [-0.1, -0.05) is 42.6 Å². The number of benzene rings is 2. The van der Waals surface area contributed by atoms with Crippen LogP contribution in [-0.2, 0) is 12.8 Å². The fraction of sp³-hybridized carbons (Fsp3) is 0.286. The molecule has 142 valence electrons. The summed E-state index contributed by atoms with van der Waals surface area (Å²) in [4.78, 5) is 15.9. The number of hydrogen-bond donors (Lipinski definition) is 1. The van der Waals surface area contributed by atoms with Crippen molar-refractivity contribution < 1.29 is 9.47 Å². The molecule has 0 spiro atoms. The average Bonchev–Trinajstić information content (AvgIpc) is 2.66. The molecule has 27 heavy (non-hydrogen) atoms. The smallest absolute Gasteiger partial charge is 0.252 e. The monoisotopic (exact) mass is 405 g/mol. The minimum Gasteiger partial charge on any atom is -0.497 e. The number of fused-ring (bicyclic) bond motifs is 1. The highest BCUT2D eigenvalue weighted by Crippen LogP contribution is 2.34. The zero-order valence-electron chi connectivity index (χ0n) is 15.5. The second kappa shape index (κ2) is 8.24. The average molecular weight is 406 g/mol. The van der Waals surface area contributed by atoms with Gasteiger partial charge in [-0.3, -0.25) is 4.79 Å². The van der Waals surface area contributed by atoms with Crippen LogP contribution in [0.25, 0.3) is 10.9 Å². The highest BCUT2D eigenvalue weighted by atomic mass is 35.5. The van der Waals surface area contributed by atoms with Crippen LogP contribution < -0.4 is 15.0 Å². The highest BCUT2D eigenvalue weighted by molar-refractivity contribution is 6.42. The molecule has 0 aliphatic heterocycles. The Hall–Kier alpha value is -2.17. The maximum atomic E-state index is 12.9. The lowest BCUT2D eigenvalue weighted by Crippen LogP contribution is -2.17. The summed E-state index contributed by atoms with van der Waals surface area (Å²) in [6, 6.07) is 9.09. The number of hydrogen-bond acceptors (Lipinski definition) is 3. The fourth-order valence-corrected chi connectivity index (χ4v) is 3.65. The van der Waals surface area contributed by atoms with Crippen LogP contribution in [0, 0.1) is 0 Å². The molecule has 0 aliphatic carbocycles. The van der Waals surface area contributed by atoms with Crippen LogP contribution in [0.1, 0.15) is 30.0 Å². The molecule has 1 aromatic heterocycles. The van der Waals surface area contributed by atoms with E-state index >= 15 is 0 Å². The van der Waals surface area contributed by atoms with Crippen molar-refractivity contribution >= 4 is 34.1 Å². The van der Waals surface area contributed by atoms with E-state index in [0.717, 1.165) is 29.4 Å². The van der Waals surface area contributed by atoms with Gasteiger partial charge in [0.25, 0.3) is 5.56 Å². The van der Waals surface area contributed by atoms with Crippen molar-refractivity contribution in [1.82, 2.24) is 4.98 Å². The van der Waals surface area contributed by atoms with Gasteiger partial charge in [-0.05, 0) is 29.7 Å². The molecular formula is C21H21Cl2NO3. The van der Waals surface area contributed by atoms with E-state index < -0.39 is 0 Å². The number of methoxy groups -OCH3 is 2. The summed E-state index contributed by atoms with van der Waals surface area (Å²) in [6.45, 7) is 2.09. The molecule has 0 radical (unpaired) electrons. The van der Waals surface area contributed by atoms with Crippen LogP contribution in [-0.4, -0.2) is 19.2 Å². The van der Waals surface area contributed by atoms with Crippen LogP contribution in [0.4, 0.5) is 0 Å². The van der Waals surface area contributed by atoms with Crippen molar-refractivity contribution in [3.8, 4) is 11.5 Å². The van der Waals surface area contributed by atoms with Crippen LogP contribution in [0.3, 0.4) is 0 Å². The van der Waals surface area contributed by atoms with E-state index in [4.69, 9.17) is 32.7 Å². The zero-order chi connectivity index (χ0) is 19.6. The molecule has 0 amide bonds. The Bertz CT molecular complexity index is 1040. The molecule has 1 heterocycles. The standard InChI is InChI=1S/C21H21Cl2NO3/c1-4-5-14-15(8-12-6-7-16(22)17(23)9-12)21(25)24-18-10-13(26-2)11-19(27-3)20(14)18/h6-7,9-11H,4-5,8H2,1-3H3,(H,24,25). The van der Waals surface area contributed by atoms with E-state index in [1.165, 1.54) is 0 Å². The topological polar surface area (TPSA) is 51.3 Å². The van der Waals surface area contributed by atoms with Gasteiger partial charge in [0.05, 0.1) is 29.8 Å². The summed E-state index contributed by atoms with van der Waals surface area (Å²) in [6.07, 6.45) is 2.13. The second-order valence-corrected chi connectivity index (χ2v) is 7.15.